The van der Waals surface area contributed by atoms with E-state index in [9.17, 15) is 0 Å². The van der Waals surface area contributed by atoms with E-state index in [2.05, 4.69) is 33.0 Å². The summed E-state index contributed by atoms with van der Waals surface area (Å²) in [4.78, 5) is 4.81. The number of rotatable bonds is 6. The fraction of sp³-hybridized carbons (Fsp3) is 0.938. The SMILES string of the molecule is CCCCC(C)NC(=NC1CCCCC1)OC(C)C. The maximum atomic E-state index is 5.84. The lowest BCUT2D eigenvalue weighted by molar-refractivity contribution is 0.209. The van der Waals surface area contributed by atoms with Crippen molar-refractivity contribution in [2.45, 2.75) is 97.2 Å². The van der Waals surface area contributed by atoms with E-state index in [1.54, 1.807) is 0 Å². The van der Waals surface area contributed by atoms with Gasteiger partial charge in [0.05, 0.1) is 12.1 Å². The Hall–Kier alpha value is -0.730. The normalized spacial score (nSPS) is 19.5. The summed E-state index contributed by atoms with van der Waals surface area (Å²) >= 11 is 0. The molecular weight excluding hydrogens is 236 g/mol. The molecule has 3 nitrogen and oxygen atoms in total. The van der Waals surface area contributed by atoms with E-state index in [1.807, 2.05) is 0 Å². The van der Waals surface area contributed by atoms with Gasteiger partial charge in [-0.2, -0.15) is 0 Å². The lowest BCUT2D eigenvalue weighted by Gasteiger charge is -2.23. The molecule has 1 N–H and O–H groups in total. The maximum Gasteiger partial charge on any atom is 0.285 e. The largest absolute Gasteiger partial charge is 0.463 e. The molecule has 0 radical (unpaired) electrons. The standard InChI is InChI=1S/C16H32N2O/c1-5-6-10-14(4)17-16(19-13(2)3)18-15-11-8-7-9-12-15/h13-15H,5-12H2,1-4H3,(H,17,18). The Kier molecular flexibility index (Phi) is 7.92. The second-order valence-corrected chi connectivity index (χ2v) is 6.08. The molecule has 0 aromatic rings. The Bertz CT molecular complexity index is 257. The van der Waals surface area contributed by atoms with Gasteiger partial charge in [-0.3, -0.25) is 0 Å². The van der Waals surface area contributed by atoms with Crippen LogP contribution in [-0.2, 0) is 4.74 Å². The third-order valence-electron chi connectivity index (χ3n) is 3.58. The van der Waals surface area contributed by atoms with Gasteiger partial charge in [-0.25, -0.2) is 4.99 Å². The summed E-state index contributed by atoms with van der Waals surface area (Å²) in [5.74, 6) is 0. The number of hydrogen-bond acceptors (Lipinski definition) is 2. The van der Waals surface area contributed by atoms with Gasteiger partial charge >= 0.3 is 0 Å². The highest BCUT2D eigenvalue weighted by Crippen LogP contribution is 2.20. The molecule has 0 saturated heterocycles. The van der Waals surface area contributed by atoms with E-state index in [0.29, 0.717) is 12.1 Å². The van der Waals surface area contributed by atoms with E-state index in [1.165, 1.54) is 51.4 Å². The molecule has 0 aliphatic heterocycles. The van der Waals surface area contributed by atoms with Crippen LogP contribution >= 0.6 is 0 Å². The second-order valence-electron chi connectivity index (χ2n) is 6.08. The van der Waals surface area contributed by atoms with Crippen molar-refractivity contribution in [2.24, 2.45) is 4.99 Å². The van der Waals surface area contributed by atoms with Gasteiger partial charge < -0.3 is 10.1 Å². The number of unbranched alkanes of at least 4 members (excludes halogenated alkanes) is 1. The first-order chi connectivity index (χ1) is 9.11. The van der Waals surface area contributed by atoms with Crippen molar-refractivity contribution >= 4 is 6.02 Å². The lowest BCUT2D eigenvalue weighted by atomic mass is 9.96. The Morgan fingerprint density at radius 1 is 1.21 bits per heavy atom. The fourth-order valence-corrected chi connectivity index (χ4v) is 2.49. The van der Waals surface area contributed by atoms with E-state index in [-0.39, 0.29) is 6.10 Å². The summed E-state index contributed by atoms with van der Waals surface area (Å²) in [6, 6.07) is 1.68. The molecule has 1 unspecified atom stereocenters. The van der Waals surface area contributed by atoms with Gasteiger partial charge in [-0.05, 0) is 40.0 Å². The molecule has 1 atom stereocenters. The van der Waals surface area contributed by atoms with Gasteiger partial charge in [0, 0.05) is 6.04 Å². The Balaban J connectivity index is 2.51. The first kappa shape index (κ1) is 16.3. The van der Waals surface area contributed by atoms with E-state index < -0.39 is 0 Å². The molecule has 1 saturated carbocycles. The molecule has 0 spiro atoms. The molecule has 1 rings (SSSR count). The van der Waals surface area contributed by atoms with Crippen molar-refractivity contribution in [3.63, 3.8) is 0 Å². The average molecular weight is 268 g/mol. The van der Waals surface area contributed by atoms with Crippen molar-refractivity contribution < 1.29 is 4.74 Å². The molecule has 19 heavy (non-hydrogen) atoms. The van der Waals surface area contributed by atoms with Crippen LogP contribution in [0.3, 0.4) is 0 Å². The molecule has 1 aliphatic carbocycles. The van der Waals surface area contributed by atoms with Crippen molar-refractivity contribution in [3.05, 3.63) is 0 Å². The summed E-state index contributed by atoms with van der Waals surface area (Å²) < 4.78 is 5.84. The number of amidine groups is 1. The molecule has 0 aromatic carbocycles. The fourth-order valence-electron chi connectivity index (χ4n) is 2.49. The van der Waals surface area contributed by atoms with Crippen molar-refractivity contribution in [1.82, 2.24) is 5.32 Å². The predicted molar refractivity (Wildman–Crippen MR) is 82.7 cm³/mol. The third kappa shape index (κ3) is 7.44. The zero-order chi connectivity index (χ0) is 14.1. The predicted octanol–water partition coefficient (Wildman–Crippen LogP) is 4.27. The van der Waals surface area contributed by atoms with Gasteiger partial charge in [0.15, 0.2) is 0 Å². The zero-order valence-electron chi connectivity index (χ0n) is 13.2. The molecule has 1 aliphatic rings. The van der Waals surface area contributed by atoms with E-state index in [0.717, 1.165) is 6.02 Å². The Morgan fingerprint density at radius 3 is 2.47 bits per heavy atom. The third-order valence-corrected chi connectivity index (χ3v) is 3.58. The maximum absolute atomic E-state index is 5.84. The number of aliphatic imine (C=N–C) groups is 1. The molecule has 0 aromatic heterocycles. The number of nitrogens with zero attached hydrogens (tertiary/aromatic N) is 1. The van der Waals surface area contributed by atoms with Gasteiger partial charge in [0.1, 0.15) is 0 Å². The minimum Gasteiger partial charge on any atom is -0.463 e. The first-order valence-corrected chi connectivity index (χ1v) is 8.12. The van der Waals surface area contributed by atoms with Gasteiger partial charge in [-0.1, -0.05) is 39.0 Å². The van der Waals surface area contributed by atoms with Gasteiger partial charge in [0.2, 0.25) is 0 Å². The minimum absolute atomic E-state index is 0.188. The highest BCUT2D eigenvalue weighted by Gasteiger charge is 2.15. The quantitative estimate of drug-likeness (QED) is 0.576. The van der Waals surface area contributed by atoms with E-state index in [4.69, 9.17) is 9.73 Å². The topological polar surface area (TPSA) is 33.6 Å². The summed E-state index contributed by atoms with van der Waals surface area (Å²) in [5, 5.41) is 3.46. The Morgan fingerprint density at radius 2 is 1.89 bits per heavy atom. The second kappa shape index (κ2) is 9.22. The zero-order valence-corrected chi connectivity index (χ0v) is 13.2. The molecule has 0 heterocycles. The number of hydrogen-bond donors (Lipinski definition) is 1. The van der Waals surface area contributed by atoms with Crippen LogP contribution in [0, 0.1) is 0 Å². The van der Waals surface area contributed by atoms with E-state index >= 15 is 0 Å². The molecule has 0 amide bonds. The minimum atomic E-state index is 0.188. The molecule has 112 valence electrons. The first-order valence-electron chi connectivity index (χ1n) is 8.12. The van der Waals surface area contributed by atoms with Crippen LogP contribution < -0.4 is 5.32 Å². The number of nitrogens with one attached hydrogen (secondary N) is 1. The van der Waals surface area contributed by atoms with Gasteiger partial charge in [0.25, 0.3) is 6.02 Å². The highest BCUT2D eigenvalue weighted by molar-refractivity contribution is 5.74. The van der Waals surface area contributed by atoms with Crippen LogP contribution in [0.4, 0.5) is 0 Å². The molecular formula is C16H32N2O. The Labute approximate surface area is 119 Å². The summed E-state index contributed by atoms with van der Waals surface area (Å²) in [5.41, 5.74) is 0. The van der Waals surface area contributed by atoms with Crippen LogP contribution in [-0.4, -0.2) is 24.2 Å². The van der Waals surface area contributed by atoms with Crippen molar-refractivity contribution in [1.29, 1.82) is 0 Å². The molecule has 1 fully saturated rings. The molecule has 0 bridgehead atoms. The van der Waals surface area contributed by atoms with Crippen molar-refractivity contribution in [2.75, 3.05) is 0 Å². The monoisotopic (exact) mass is 268 g/mol. The summed E-state index contributed by atoms with van der Waals surface area (Å²) in [7, 11) is 0. The van der Waals surface area contributed by atoms with Crippen LogP contribution in [0.5, 0.6) is 0 Å². The van der Waals surface area contributed by atoms with Crippen LogP contribution in [0.15, 0.2) is 4.99 Å². The average Bonchev–Trinajstić information content (AvgIpc) is 2.36. The van der Waals surface area contributed by atoms with Gasteiger partial charge in [-0.15, -0.1) is 0 Å². The van der Waals surface area contributed by atoms with Crippen LogP contribution in [0.25, 0.3) is 0 Å². The number of ether oxygens (including phenoxy) is 1. The van der Waals surface area contributed by atoms with Crippen molar-refractivity contribution in [3.8, 4) is 0 Å². The van der Waals surface area contributed by atoms with Crippen LogP contribution in [0.2, 0.25) is 0 Å². The highest BCUT2D eigenvalue weighted by atomic mass is 16.5. The lowest BCUT2D eigenvalue weighted by Crippen LogP contribution is -2.37. The molecule has 3 heteroatoms. The van der Waals surface area contributed by atoms with Crippen LogP contribution in [0.1, 0.15) is 79.1 Å². The summed E-state index contributed by atoms with van der Waals surface area (Å²) in [6.45, 7) is 8.58. The smallest absolute Gasteiger partial charge is 0.285 e. The summed E-state index contributed by atoms with van der Waals surface area (Å²) in [6.07, 6.45) is 10.3.